The number of nitrogens with two attached hydrogens (primary N) is 1. The average Bonchev–Trinajstić information content (AvgIpc) is 2.55. The minimum Gasteiger partial charge on any atom is -0.489 e. The van der Waals surface area contributed by atoms with E-state index in [4.69, 9.17) is 10.5 Å². The van der Waals surface area contributed by atoms with E-state index < -0.39 is 10.0 Å². The Balaban J connectivity index is 2.08. The van der Waals surface area contributed by atoms with Crippen molar-refractivity contribution in [1.82, 2.24) is 0 Å². The van der Waals surface area contributed by atoms with Gasteiger partial charge in [-0.15, -0.1) is 0 Å². The van der Waals surface area contributed by atoms with E-state index in [1.54, 1.807) is 0 Å². The van der Waals surface area contributed by atoms with Gasteiger partial charge < -0.3 is 10.5 Å². The maximum atomic E-state index is 12.6. The number of rotatable bonds is 3. The molecular formula is C10H9FN2O3S. The lowest BCUT2D eigenvalue weighted by Gasteiger charge is -2.05. The van der Waals surface area contributed by atoms with E-state index in [9.17, 15) is 12.8 Å². The zero-order chi connectivity index (χ0) is 12.5. The van der Waals surface area contributed by atoms with E-state index in [1.807, 2.05) is 0 Å². The van der Waals surface area contributed by atoms with Crippen LogP contribution in [-0.2, 0) is 10.0 Å². The minimum atomic E-state index is -3.70. The van der Waals surface area contributed by atoms with Crippen molar-refractivity contribution in [1.29, 1.82) is 0 Å². The van der Waals surface area contributed by atoms with Crippen LogP contribution < -0.4 is 10.5 Å². The maximum Gasteiger partial charge on any atom is 0.297 e. The van der Waals surface area contributed by atoms with Gasteiger partial charge in [0.2, 0.25) is 0 Å². The van der Waals surface area contributed by atoms with Gasteiger partial charge in [-0.25, -0.2) is 4.39 Å². The molecule has 0 amide bonds. The number of nitrogens with zero attached hydrogens (tertiary/aromatic N) is 1. The number of benzene rings is 1. The van der Waals surface area contributed by atoms with Crippen molar-refractivity contribution < 1.29 is 17.5 Å². The summed E-state index contributed by atoms with van der Waals surface area (Å²) in [6, 6.07) is 5.36. The predicted molar refractivity (Wildman–Crippen MR) is 60.5 cm³/mol. The van der Waals surface area contributed by atoms with E-state index in [2.05, 4.69) is 4.40 Å². The van der Waals surface area contributed by atoms with Crippen molar-refractivity contribution >= 4 is 16.2 Å². The third-order valence-electron chi connectivity index (χ3n) is 2.15. The van der Waals surface area contributed by atoms with Gasteiger partial charge in [-0.05, 0) is 24.3 Å². The molecule has 1 aromatic rings. The predicted octanol–water partition coefficient (Wildman–Crippen LogP) is 0.789. The van der Waals surface area contributed by atoms with E-state index in [1.165, 1.54) is 24.3 Å². The van der Waals surface area contributed by atoms with Crippen LogP contribution in [0.15, 0.2) is 39.3 Å². The van der Waals surface area contributed by atoms with Crippen LogP contribution in [0.3, 0.4) is 0 Å². The fourth-order valence-electron chi connectivity index (χ4n) is 1.22. The van der Waals surface area contributed by atoms with E-state index in [0.29, 0.717) is 5.75 Å². The molecule has 90 valence electrons. The Morgan fingerprint density at radius 2 is 1.94 bits per heavy atom. The highest BCUT2D eigenvalue weighted by atomic mass is 32.2. The van der Waals surface area contributed by atoms with Gasteiger partial charge in [0.15, 0.2) is 5.03 Å². The Labute approximate surface area is 97.5 Å². The molecule has 2 N–H and O–H groups in total. The first-order chi connectivity index (χ1) is 7.99. The van der Waals surface area contributed by atoms with Gasteiger partial charge in [0.05, 0.1) is 6.21 Å². The second-order valence-corrected chi connectivity index (χ2v) is 4.94. The van der Waals surface area contributed by atoms with Crippen molar-refractivity contribution in [2.75, 3.05) is 6.61 Å². The lowest BCUT2D eigenvalue weighted by molar-refractivity contribution is 0.357. The highest BCUT2D eigenvalue weighted by Crippen LogP contribution is 2.17. The molecule has 1 aliphatic rings. The SMILES string of the molecule is NC1=C(COc2ccc(F)cc2)C=NS1(=O)=O. The highest BCUT2D eigenvalue weighted by molar-refractivity contribution is 7.94. The fourth-order valence-corrected chi connectivity index (χ4v) is 2.04. The van der Waals surface area contributed by atoms with Gasteiger partial charge in [0.1, 0.15) is 18.2 Å². The summed E-state index contributed by atoms with van der Waals surface area (Å²) in [6.45, 7) is -0.0276. The van der Waals surface area contributed by atoms with Crippen molar-refractivity contribution in [3.63, 3.8) is 0 Å². The van der Waals surface area contributed by atoms with Gasteiger partial charge in [-0.2, -0.15) is 12.8 Å². The lowest BCUT2D eigenvalue weighted by atomic mass is 10.3. The Morgan fingerprint density at radius 1 is 1.29 bits per heavy atom. The molecule has 1 aromatic carbocycles. The Kier molecular flexibility index (Phi) is 2.84. The zero-order valence-electron chi connectivity index (χ0n) is 8.63. The minimum absolute atomic E-state index is 0.0276. The first kappa shape index (κ1) is 11.6. The Hall–Kier alpha value is -1.89. The first-order valence-electron chi connectivity index (χ1n) is 4.66. The number of hydrogen-bond acceptors (Lipinski definition) is 4. The standard InChI is InChI=1S/C10H9FN2O3S/c11-8-1-3-9(4-2-8)16-6-7-5-13-17(14,15)10(7)12/h1-5H,6,12H2. The molecule has 0 saturated carbocycles. The topological polar surface area (TPSA) is 81.8 Å². The van der Waals surface area contributed by atoms with Gasteiger partial charge in [0, 0.05) is 5.57 Å². The molecular weight excluding hydrogens is 247 g/mol. The van der Waals surface area contributed by atoms with Gasteiger partial charge in [0.25, 0.3) is 10.0 Å². The third-order valence-corrected chi connectivity index (χ3v) is 3.35. The normalized spacial score (nSPS) is 17.5. The summed E-state index contributed by atoms with van der Waals surface area (Å²) in [5.74, 6) is 0.0467. The van der Waals surface area contributed by atoms with Crippen LogP contribution >= 0.6 is 0 Å². The summed E-state index contributed by atoms with van der Waals surface area (Å²) >= 11 is 0. The second kappa shape index (κ2) is 4.17. The van der Waals surface area contributed by atoms with Crippen LogP contribution in [-0.4, -0.2) is 21.2 Å². The van der Waals surface area contributed by atoms with Crippen LogP contribution in [0, 0.1) is 5.82 Å². The highest BCUT2D eigenvalue weighted by Gasteiger charge is 2.22. The summed E-state index contributed by atoms with van der Waals surface area (Å²) in [7, 11) is -3.70. The van der Waals surface area contributed by atoms with Crippen LogP contribution in [0.4, 0.5) is 4.39 Å². The molecule has 0 bridgehead atoms. The summed E-state index contributed by atoms with van der Waals surface area (Å²) in [5.41, 5.74) is 5.66. The van der Waals surface area contributed by atoms with Gasteiger partial charge in [-0.3, -0.25) is 0 Å². The van der Waals surface area contributed by atoms with Crippen LogP contribution in [0.2, 0.25) is 0 Å². The van der Waals surface area contributed by atoms with Crippen molar-refractivity contribution in [2.45, 2.75) is 0 Å². The van der Waals surface area contributed by atoms with Crippen LogP contribution in [0.5, 0.6) is 5.75 Å². The number of hydrogen-bond donors (Lipinski definition) is 1. The molecule has 0 saturated heterocycles. The Bertz CT molecular complexity index is 590. The molecule has 7 heteroatoms. The number of sulfonamides is 1. The molecule has 0 unspecified atom stereocenters. The largest absolute Gasteiger partial charge is 0.489 e. The Morgan fingerprint density at radius 3 is 2.47 bits per heavy atom. The van der Waals surface area contributed by atoms with Gasteiger partial charge >= 0.3 is 0 Å². The third kappa shape index (κ3) is 2.44. The average molecular weight is 256 g/mol. The van der Waals surface area contributed by atoms with Crippen molar-refractivity contribution in [3.05, 3.63) is 40.7 Å². The second-order valence-electron chi connectivity index (χ2n) is 3.34. The molecule has 0 atom stereocenters. The zero-order valence-corrected chi connectivity index (χ0v) is 9.45. The lowest BCUT2D eigenvalue weighted by Crippen LogP contribution is -2.11. The molecule has 5 nitrogen and oxygen atoms in total. The molecule has 1 aliphatic heterocycles. The molecule has 1 heterocycles. The molecule has 0 fully saturated rings. The molecule has 2 rings (SSSR count). The van der Waals surface area contributed by atoms with Crippen LogP contribution in [0.1, 0.15) is 0 Å². The van der Waals surface area contributed by atoms with Crippen molar-refractivity contribution in [3.8, 4) is 5.75 Å². The molecule has 0 radical (unpaired) electrons. The summed E-state index contributed by atoms with van der Waals surface area (Å²) < 4.78 is 43.4. The van der Waals surface area contributed by atoms with E-state index in [0.717, 1.165) is 6.21 Å². The van der Waals surface area contributed by atoms with Gasteiger partial charge in [-0.1, -0.05) is 0 Å². The van der Waals surface area contributed by atoms with Crippen LogP contribution in [0.25, 0.3) is 0 Å². The smallest absolute Gasteiger partial charge is 0.297 e. The monoisotopic (exact) mass is 256 g/mol. The molecule has 17 heavy (non-hydrogen) atoms. The van der Waals surface area contributed by atoms with E-state index >= 15 is 0 Å². The van der Waals surface area contributed by atoms with E-state index in [-0.39, 0.29) is 23.0 Å². The number of halogens is 1. The van der Waals surface area contributed by atoms with Crippen molar-refractivity contribution in [2.24, 2.45) is 10.1 Å². The fraction of sp³-hybridized carbons (Fsp3) is 0.100. The summed E-state index contributed by atoms with van der Waals surface area (Å²) in [5, 5.41) is -0.306. The quantitative estimate of drug-likeness (QED) is 0.866. The molecule has 0 aliphatic carbocycles. The summed E-state index contributed by atoms with van der Waals surface area (Å²) in [4.78, 5) is 0. The summed E-state index contributed by atoms with van der Waals surface area (Å²) in [6.07, 6.45) is 1.15. The number of ether oxygens (including phenoxy) is 1. The molecule has 0 spiro atoms. The first-order valence-corrected chi connectivity index (χ1v) is 6.10. The maximum absolute atomic E-state index is 12.6. The molecule has 0 aromatic heterocycles.